The number of hydrogen-bond acceptors (Lipinski definition) is 7. The normalized spacial score (nSPS) is 11.0. The van der Waals surface area contributed by atoms with Crippen LogP contribution in [-0.4, -0.2) is 44.9 Å². The van der Waals surface area contributed by atoms with Crippen LogP contribution in [0.3, 0.4) is 0 Å². The van der Waals surface area contributed by atoms with Crippen molar-refractivity contribution in [1.29, 1.82) is 0 Å². The maximum absolute atomic E-state index is 12.1. The van der Waals surface area contributed by atoms with Gasteiger partial charge in [0.1, 0.15) is 12.3 Å². The van der Waals surface area contributed by atoms with Crippen LogP contribution in [0.4, 0.5) is 11.5 Å². The van der Waals surface area contributed by atoms with E-state index in [-0.39, 0.29) is 23.7 Å². The zero-order valence-corrected chi connectivity index (χ0v) is 15.4. The van der Waals surface area contributed by atoms with Crippen molar-refractivity contribution in [2.24, 2.45) is 0 Å². The molecule has 140 valence electrons. The van der Waals surface area contributed by atoms with E-state index in [2.05, 4.69) is 10.5 Å². The Balaban J connectivity index is 2.17. The molecule has 26 heavy (non-hydrogen) atoms. The van der Waals surface area contributed by atoms with Gasteiger partial charge in [-0.05, 0) is 38.1 Å². The highest BCUT2D eigenvalue weighted by molar-refractivity contribution is 7.92. The second kappa shape index (κ2) is 8.00. The molecule has 0 bridgehead atoms. The Morgan fingerprint density at radius 2 is 1.92 bits per heavy atom. The molecule has 9 nitrogen and oxygen atoms in total. The van der Waals surface area contributed by atoms with Crippen molar-refractivity contribution in [3.05, 3.63) is 41.7 Å². The fourth-order valence-corrected chi connectivity index (χ4v) is 2.97. The molecule has 0 fully saturated rings. The van der Waals surface area contributed by atoms with Gasteiger partial charge in [0.15, 0.2) is 5.82 Å². The largest absolute Gasteiger partial charge is 0.462 e. The third kappa shape index (κ3) is 5.06. The Kier molecular flexibility index (Phi) is 5.98. The summed E-state index contributed by atoms with van der Waals surface area (Å²) in [7, 11) is -3.73. The van der Waals surface area contributed by atoms with E-state index in [1.807, 2.05) is 0 Å². The molecule has 0 aliphatic rings. The average Bonchev–Trinajstić information content (AvgIpc) is 2.97. The Hall–Kier alpha value is -2.88. The van der Waals surface area contributed by atoms with Gasteiger partial charge in [-0.3, -0.25) is 9.10 Å². The summed E-state index contributed by atoms with van der Waals surface area (Å²) in [5.74, 6) is -0.393. The number of ether oxygens (including phenoxy) is 1. The van der Waals surface area contributed by atoms with Crippen LogP contribution in [0.15, 0.2) is 34.9 Å². The van der Waals surface area contributed by atoms with Crippen molar-refractivity contribution >= 4 is 33.4 Å². The molecule has 0 unspecified atom stereocenters. The zero-order chi connectivity index (χ0) is 19.3. The number of aryl methyl sites for hydroxylation is 1. The Bertz CT molecular complexity index is 889. The summed E-state index contributed by atoms with van der Waals surface area (Å²) >= 11 is 0. The molecule has 0 aliphatic carbocycles. The van der Waals surface area contributed by atoms with E-state index >= 15 is 0 Å². The second-order valence-corrected chi connectivity index (χ2v) is 7.31. The molecule has 0 atom stereocenters. The van der Waals surface area contributed by atoms with Crippen molar-refractivity contribution in [2.75, 3.05) is 29.0 Å². The van der Waals surface area contributed by atoms with Crippen LogP contribution >= 0.6 is 0 Å². The second-order valence-electron chi connectivity index (χ2n) is 5.41. The van der Waals surface area contributed by atoms with E-state index in [4.69, 9.17) is 9.26 Å². The van der Waals surface area contributed by atoms with Crippen molar-refractivity contribution in [1.82, 2.24) is 5.16 Å². The maximum Gasteiger partial charge on any atom is 0.338 e. The lowest BCUT2D eigenvalue weighted by atomic mass is 10.2. The number of hydrogen-bond donors (Lipinski definition) is 1. The van der Waals surface area contributed by atoms with E-state index < -0.39 is 28.4 Å². The molecule has 0 radical (unpaired) electrons. The van der Waals surface area contributed by atoms with Gasteiger partial charge in [-0.2, -0.15) is 0 Å². The molecule has 0 saturated heterocycles. The molecular formula is C16H19N3O6S. The van der Waals surface area contributed by atoms with Crippen molar-refractivity contribution in [2.45, 2.75) is 13.8 Å². The van der Waals surface area contributed by atoms with Crippen LogP contribution in [-0.2, 0) is 19.6 Å². The van der Waals surface area contributed by atoms with E-state index in [1.165, 1.54) is 30.3 Å². The van der Waals surface area contributed by atoms with Crippen LogP contribution in [0.1, 0.15) is 23.0 Å². The first kappa shape index (κ1) is 19.4. The molecule has 1 aromatic carbocycles. The molecule has 0 aliphatic heterocycles. The first-order valence-corrected chi connectivity index (χ1v) is 9.53. The smallest absolute Gasteiger partial charge is 0.338 e. The molecule has 1 amide bonds. The third-order valence-corrected chi connectivity index (χ3v) is 4.39. The molecule has 1 aromatic heterocycles. The Morgan fingerprint density at radius 1 is 1.27 bits per heavy atom. The lowest BCUT2D eigenvalue weighted by molar-refractivity contribution is -0.114. The number of esters is 1. The molecule has 0 saturated carbocycles. The number of nitrogens with zero attached hydrogens (tertiary/aromatic N) is 2. The number of anilines is 2. The minimum Gasteiger partial charge on any atom is -0.462 e. The van der Waals surface area contributed by atoms with E-state index in [0.717, 1.165) is 10.6 Å². The lowest BCUT2D eigenvalue weighted by Gasteiger charge is -2.21. The fraction of sp³-hybridized carbons (Fsp3) is 0.312. The summed E-state index contributed by atoms with van der Waals surface area (Å²) in [6.07, 6.45) is 0.986. The summed E-state index contributed by atoms with van der Waals surface area (Å²) in [4.78, 5) is 23.8. The number of carbonyl (C=O) groups excluding carboxylic acids is 2. The van der Waals surface area contributed by atoms with Gasteiger partial charge in [0.25, 0.3) is 0 Å². The number of aromatic nitrogens is 1. The highest BCUT2D eigenvalue weighted by Crippen LogP contribution is 2.19. The molecule has 10 heteroatoms. The summed E-state index contributed by atoms with van der Waals surface area (Å²) < 4.78 is 34.8. The van der Waals surface area contributed by atoms with E-state index in [9.17, 15) is 18.0 Å². The predicted octanol–water partition coefficient (Wildman–Crippen LogP) is 1.56. The predicted molar refractivity (Wildman–Crippen MR) is 94.5 cm³/mol. The van der Waals surface area contributed by atoms with Crippen molar-refractivity contribution in [3.8, 4) is 0 Å². The minimum atomic E-state index is -3.73. The minimum absolute atomic E-state index is 0.193. The Labute approximate surface area is 151 Å². The van der Waals surface area contributed by atoms with Gasteiger partial charge >= 0.3 is 5.97 Å². The third-order valence-electron chi connectivity index (χ3n) is 3.25. The molecule has 1 N–H and O–H groups in total. The van der Waals surface area contributed by atoms with Crippen LogP contribution in [0, 0.1) is 6.92 Å². The van der Waals surface area contributed by atoms with Crippen molar-refractivity contribution < 1.29 is 27.3 Å². The summed E-state index contributed by atoms with van der Waals surface area (Å²) in [6, 6.07) is 7.24. The number of sulfonamides is 1. The molecular weight excluding hydrogens is 362 g/mol. The number of nitrogens with one attached hydrogen (secondary N) is 1. The van der Waals surface area contributed by atoms with Crippen LogP contribution < -0.4 is 9.62 Å². The highest BCUT2D eigenvalue weighted by Gasteiger charge is 2.22. The lowest BCUT2D eigenvalue weighted by Crippen LogP contribution is -2.37. The van der Waals surface area contributed by atoms with Gasteiger partial charge in [-0.1, -0.05) is 5.16 Å². The van der Waals surface area contributed by atoms with Crippen LogP contribution in [0.25, 0.3) is 0 Å². The number of benzene rings is 1. The SMILES string of the molecule is CCOC(=O)c1ccc(N(CC(=O)Nc2cc(C)on2)S(C)(=O)=O)cc1. The Morgan fingerprint density at radius 3 is 2.42 bits per heavy atom. The van der Waals surface area contributed by atoms with Crippen LogP contribution in [0.5, 0.6) is 0 Å². The monoisotopic (exact) mass is 381 g/mol. The average molecular weight is 381 g/mol. The van der Waals surface area contributed by atoms with E-state index in [1.54, 1.807) is 13.8 Å². The summed E-state index contributed by atoms with van der Waals surface area (Å²) in [5.41, 5.74) is 0.526. The standard InChI is InChI=1S/C16H19N3O6S/c1-4-24-16(21)12-5-7-13(8-6-12)19(26(3,22)23)10-15(20)17-14-9-11(2)25-18-14/h5-9H,4,10H2,1-3H3,(H,17,18,20). The number of carbonyl (C=O) groups is 2. The highest BCUT2D eigenvalue weighted by atomic mass is 32.2. The molecule has 0 spiro atoms. The van der Waals surface area contributed by atoms with Gasteiger partial charge in [0.2, 0.25) is 15.9 Å². The van der Waals surface area contributed by atoms with Gasteiger partial charge in [-0.25, -0.2) is 13.2 Å². The van der Waals surface area contributed by atoms with E-state index in [0.29, 0.717) is 5.76 Å². The van der Waals surface area contributed by atoms with Gasteiger partial charge < -0.3 is 14.6 Å². The molecule has 2 aromatic rings. The van der Waals surface area contributed by atoms with Gasteiger partial charge in [0, 0.05) is 6.07 Å². The quantitative estimate of drug-likeness (QED) is 0.723. The number of amides is 1. The van der Waals surface area contributed by atoms with Gasteiger partial charge in [0.05, 0.1) is 24.1 Å². The molecule has 2 rings (SSSR count). The topological polar surface area (TPSA) is 119 Å². The van der Waals surface area contributed by atoms with Crippen molar-refractivity contribution in [3.63, 3.8) is 0 Å². The first-order valence-electron chi connectivity index (χ1n) is 7.68. The maximum atomic E-state index is 12.1. The summed E-state index contributed by atoms with van der Waals surface area (Å²) in [5, 5.41) is 6.08. The van der Waals surface area contributed by atoms with Crippen LogP contribution in [0.2, 0.25) is 0 Å². The molecule has 1 heterocycles. The summed E-state index contributed by atoms with van der Waals surface area (Å²) in [6.45, 7) is 3.13. The first-order chi connectivity index (χ1) is 12.2. The van der Waals surface area contributed by atoms with Gasteiger partial charge in [-0.15, -0.1) is 0 Å². The number of rotatable bonds is 7. The fourth-order valence-electron chi connectivity index (χ4n) is 2.12. The zero-order valence-electron chi connectivity index (χ0n) is 14.6.